The Bertz CT molecular complexity index is 698. The number of halogens is 1. The lowest BCUT2D eigenvalue weighted by molar-refractivity contribution is -0.116. The zero-order valence-corrected chi connectivity index (χ0v) is 12.6. The Balaban J connectivity index is 1.84. The summed E-state index contributed by atoms with van der Waals surface area (Å²) in [5, 5.41) is 4.80. The smallest absolute Gasteiger partial charge is 0.226 e. The van der Waals surface area contributed by atoms with Crippen LogP contribution in [0.5, 0.6) is 0 Å². The van der Waals surface area contributed by atoms with Gasteiger partial charge in [-0.15, -0.1) is 11.3 Å². The van der Waals surface area contributed by atoms with Gasteiger partial charge in [0.15, 0.2) is 15.0 Å². The van der Waals surface area contributed by atoms with Crippen LogP contribution < -0.4 is 5.32 Å². The molecule has 1 N–H and O–H groups in total. The van der Waals surface area contributed by atoms with Crippen molar-refractivity contribution in [3.05, 3.63) is 41.7 Å². The molecule has 0 spiro atoms. The molecule has 0 bridgehead atoms. The van der Waals surface area contributed by atoms with Gasteiger partial charge in [0.25, 0.3) is 0 Å². The molecule has 8 heteroatoms. The van der Waals surface area contributed by atoms with Crippen LogP contribution in [-0.4, -0.2) is 25.1 Å². The van der Waals surface area contributed by atoms with Crippen LogP contribution in [0.4, 0.5) is 9.52 Å². The second-order valence-corrected chi connectivity index (χ2v) is 7.27. The fourth-order valence-electron chi connectivity index (χ4n) is 1.65. The van der Waals surface area contributed by atoms with Crippen molar-refractivity contribution in [2.45, 2.75) is 17.7 Å². The number of carbonyl (C=O) groups is 1. The standard InChI is InChI=1S/C13H13FN2O3S2/c14-10-3-5-11(6-4-10)21(18,19)9-1-2-12(17)16-13-15-7-8-20-13/h3-8H,1-2,9H2,(H,15,16,17). The molecule has 0 radical (unpaired) electrons. The number of hydrogen-bond acceptors (Lipinski definition) is 5. The summed E-state index contributed by atoms with van der Waals surface area (Å²) in [4.78, 5) is 15.5. The number of rotatable bonds is 6. The first-order chi connectivity index (χ1) is 9.97. The Morgan fingerprint density at radius 3 is 2.62 bits per heavy atom. The van der Waals surface area contributed by atoms with Gasteiger partial charge in [0, 0.05) is 18.0 Å². The van der Waals surface area contributed by atoms with Crippen LogP contribution in [0.2, 0.25) is 0 Å². The second kappa shape index (κ2) is 6.77. The summed E-state index contributed by atoms with van der Waals surface area (Å²) in [5.41, 5.74) is 0. The zero-order chi connectivity index (χ0) is 15.3. The van der Waals surface area contributed by atoms with Crippen molar-refractivity contribution >= 4 is 32.2 Å². The lowest BCUT2D eigenvalue weighted by atomic mass is 10.3. The third kappa shape index (κ3) is 4.61. The van der Waals surface area contributed by atoms with E-state index in [4.69, 9.17) is 0 Å². The van der Waals surface area contributed by atoms with Gasteiger partial charge in [-0.2, -0.15) is 0 Å². The quantitative estimate of drug-likeness (QED) is 0.827. The molecule has 0 saturated heterocycles. The molecular formula is C13H13FN2O3S2. The highest BCUT2D eigenvalue weighted by atomic mass is 32.2. The van der Waals surface area contributed by atoms with Crippen molar-refractivity contribution in [2.75, 3.05) is 11.1 Å². The van der Waals surface area contributed by atoms with E-state index in [0.29, 0.717) is 5.13 Å². The van der Waals surface area contributed by atoms with Crippen molar-refractivity contribution in [3.8, 4) is 0 Å². The maximum atomic E-state index is 12.8. The maximum Gasteiger partial charge on any atom is 0.226 e. The fourth-order valence-corrected chi connectivity index (χ4v) is 3.51. The Morgan fingerprint density at radius 2 is 2.00 bits per heavy atom. The minimum Gasteiger partial charge on any atom is -0.302 e. The molecule has 0 atom stereocenters. The number of hydrogen-bond donors (Lipinski definition) is 1. The fraction of sp³-hybridized carbons (Fsp3) is 0.231. The van der Waals surface area contributed by atoms with Crippen molar-refractivity contribution in [1.82, 2.24) is 4.98 Å². The van der Waals surface area contributed by atoms with E-state index in [0.717, 1.165) is 12.1 Å². The van der Waals surface area contributed by atoms with Crippen molar-refractivity contribution in [1.29, 1.82) is 0 Å². The minimum absolute atomic E-state index is 0.0595. The molecule has 1 aromatic heterocycles. The van der Waals surface area contributed by atoms with Gasteiger partial charge in [-0.25, -0.2) is 17.8 Å². The normalized spacial score (nSPS) is 11.3. The van der Waals surface area contributed by atoms with Crippen molar-refractivity contribution in [2.24, 2.45) is 0 Å². The lowest BCUT2D eigenvalue weighted by Gasteiger charge is -2.04. The number of thiazole rings is 1. The topological polar surface area (TPSA) is 76.1 Å². The van der Waals surface area contributed by atoms with E-state index in [1.54, 1.807) is 11.6 Å². The number of carbonyl (C=O) groups excluding carboxylic acids is 1. The van der Waals surface area contributed by atoms with Crippen LogP contribution in [0, 0.1) is 5.82 Å². The minimum atomic E-state index is -3.49. The summed E-state index contributed by atoms with van der Waals surface area (Å²) < 4.78 is 36.7. The number of amides is 1. The van der Waals surface area contributed by atoms with Gasteiger partial charge < -0.3 is 5.32 Å². The molecule has 0 aliphatic carbocycles. The molecule has 5 nitrogen and oxygen atoms in total. The van der Waals surface area contributed by atoms with E-state index in [-0.39, 0.29) is 29.4 Å². The SMILES string of the molecule is O=C(CCCS(=O)(=O)c1ccc(F)cc1)Nc1nccs1. The first kappa shape index (κ1) is 15.6. The van der Waals surface area contributed by atoms with E-state index in [9.17, 15) is 17.6 Å². The molecule has 1 heterocycles. The lowest BCUT2D eigenvalue weighted by Crippen LogP contribution is -2.14. The van der Waals surface area contributed by atoms with Crippen LogP contribution in [0.1, 0.15) is 12.8 Å². The predicted molar refractivity (Wildman–Crippen MR) is 78.4 cm³/mol. The van der Waals surface area contributed by atoms with E-state index >= 15 is 0 Å². The molecule has 2 aromatic rings. The average Bonchev–Trinajstić information content (AvgIpc) is 2.91. The number of nitrogens with one attached hydrogen (secondary N) is 1. The van der Waals surface area contributed by atoms with Gasteiger partial charge in [-0.05, 0) is 30.7 Å². The summed E-state index contributed by atoms with van der Waals surface area (Å²) in [6, 6.07) is 4.64. The molecule has 1 amide bonds. The Kier molecular flexibility index (Phi) is 5.03. The van der Waals surface area contributed by atoms with Crippen LogP contribution in [0.3, 0.4) is 0 Å². The summed E-state index contributed by atoms with van der Waals surface area (Å²) >= 11 is 1.29. The molecule has 2 rings (SSSR count). The predicted octanol–water partition coefficient (Wildman–Crippen LogP) is 2.47. The van der Waals surface area contributed by atoms with Gasteiger partial charge in [-0.3, -0.25) is 4.79 Å². The van der Waals surface area contributed by atoms with Gasteiger partial charge in [0.1, 0.15) is 5.82 Å². The molecule has 0 unspecified atom stereocenters. The number of nitrogens with zero attached hydrogens (tertiary/aromatic N) is 1. The van der Waals surface area contributed by atoms with E-state index in [2.05, 4.69) is 10.3 Å². The first-order valence-corrected chi connectivity index (χ1v) is 8.68. The highest BCUT2D eigenvalue weighted by Gasteiger charge is 2.15. The van der Waals surface area contributed by atoms with Gasteiger partial charge in [-0.1, -0.05) is 0 Å². The Hall–Kier alpha value is -1.80. The number of anilines is 1. The molecule has 0 fully saturated rings. The van der Waals surface area contributed by atoms with Crippen molar-refractivity contribution in [3.63, 3.8) is 0 Å². The van der Waals surface area contributed by atoms with Crippen LogP contribution >= 0.6 is 11.3 Å². The van der Waals surface area contributed by atoms with E-state index in [1.165, 1.54) is 23.5 Å². The van der Waals surface area contributed by atoms with Gasteiger partial charge in [0.2, 0.25) is 5.91 Å². The molecule has 0 aliphatic heterocycles. The third-order valence-corrected chi connectivity index (χ3v) is 5.17. The zero-order valence-electron chi connectivity index (χ0n) is 11.0. The second-order valence-electron chi connectivity index (χ2n) is 4.26. The highest BCUT2D eigenvalue weighted by molar-refractivity contribution is 7.91. The highest BCUT2D eigenvalue weighted by Crippen LogP contribution is 2.14. The van der Waals surface area contributed by atoms with Crippen molar-refractivity contribution < 1.29 is 17.6 Å². The molecular weight excluding hydrogens is 315 g/mol. The van der Waals surface area contributed by atoms with Crippen LogP contribution in [0.15, 0.2) is 40.7 Å². The first-order valence-electron chi connectivity index (χ1n) is 6.15. The summed E-state index contributed by atoms with van der Waals surface area (Å²) in [5.74, 6) is -0.930. The summed E-state index contributed by atoms with van der Waals surface area (Å²) in [7, 11) is -3.49. The van der Waals surface area contributed by atoms with Crippen LogP contribution in [-0.2, 0) is 14.6 Å². The number of sulfone groups is 1. The molecule has 112 valence electrons. The van der Waals surface area contributed by atoms with Crippen LogP contribution in [0.25, 0.3) is 0 Å². The number of benzene rings is 1. The molecule has 0 aliphatic rings. The average molecular weight is 328 g/mol. The maximum absolute atomic E-state index is 12.8. The van der Waals surface area contributed by atoms with E-state index < -0.39 is 15.7 Å². The Morgan fingerprint density at radius 1 is 1.29 bits per heavy atom. The molecule has 1 aromatic carbocycles. The Labute approximate surface area is 125 Å². The third-order valence-electron chi connectivity index (χ3n) is 2.67. The monoisotopic (exact) mass is 328 g/mol. The molecule has 21 heavy (non-hydrogen) atoms. The van der Waals surface area contributed by atoms with E-state index in [1.807, 2.05) is 0 Å². The van der Waals surface area contributed by atoms with Gasteiger partial charge >= 0.3 is 0 Å². The summed E-state index contributed by atoms with van der Waals surface area (Å²) in [6.45, 7) is 0. The summed E-state index contributed by atoms with van der Waals surface area (Å²) in [6.07, 6.45) is 1.84. The molecule has 0 saturated carbocycles. The largest absolute Gasteiger partial charge is 0.302 e. The number of aromatic nitrogens is 1. The van der Waals surface area contributed by atoms with Gasteiger partial charge in [0.05, 0.1) is 10.6 Å².